The molecule has 1 aromatic heterocycles. The van der Waals surface area contributed by atoms with E-state index in [1.54, 1.807) is 20.1 Å². The Bertz CT molecular complexity index is 539. The van der Waals surface area contributed by atoms with Crippen molar-refractivity contribution in [1.82, 2.24) is 4.31 Å². The summed E-state index contributed by atoms with van der Waals surface area (Å²) in [7, 11) is -1.98. The largest absolute Gasteiger partial charge is 0.389 e. The van der Waals surface area contributed by atoms with Crippen LogP contribution in [-0.4, -0.2) is 44.0 Å². The Hall–Kier alpha value is -0.540. The fraction of sp³-hybridized carbons (Fsp3) is 0.545. The Kier molecular flexibility index (Phi) is 5.87. The van der Waals surface area contributed by atoms with Crippen molar-refractivity contribution in [1.29, 1.82) is 0 Å². The van der Waals surface area contributed by atoms with Gasteiger partial charge in [0.15, 0.2) is 0 Å². The molecule has 0 radical (unpaired) electrons. The Morgan fingerprint density at radius 2 is 2.21 bits per heavy atom. The molecule has 1 atom stereocenters. The highest BCUT2D eigenvalue weighted by Crippen LogP contribution is 2.26. The summed E-state index contributed by atoms with van der Waals surface area (Å²) in [4.78, 5) is 0.809. The van der Waals surface area contributed by atoms with Gasteiger partial charge in [-0.3, -0.25) is 0 Å². The summed E-state index contributed by atoms with van der Waals surface area (Å²) in [5.41, 5.74) is 5.50. The number of thiophene rings is 1. The zero-order chi connectivity index (χ0) is 14.6. The summed E-state index contributed by atoms with van der Waals surface area (Å²) in [6, 6.07) is 2.95. The molecule has 0 aliphatic carbocycles. The van der Waals surface area contributed by atoms with Crippen molar-refractivity contribution in [3.8, 4) is 0 Å². The molecule has 19 heavy (non-hydrogen) atoms. The summed E-state index contributed by atoms with van der Waals surface area (Å²) < 4.78 is 31.7. The highest BCUT2D eigenvalue weighted by molar-refractivity contribution is 7.91. The Balaban J connectivity index is 3.09. The number of likely N-dealkylation sites (N-methyl/N-ethyl adjacent to an activating group) is 1. The van der Waals surface area contributed by atoms with Crippen molar-refractivity contribution in [2.45, 2.75) is 24.1 Å². The molecule has 8 heteroatoms. The van der Waals surface area contributed by atoms with Gasteiger partial charge in [0.1, 0.15) is 9.20 Å². The van der Waals surface area contributed by atoms with Gasteiger partial charge >= 0.3 is 0 Å². The molecule has 1 aromatic rings. The maximum atomic E-state index is 12.5. The van der Waals surface area contributed by atoms with Crippen LogP contribution in [0.3, 0.4) is 0 Å². The fourth-order valence-corrected chi connectivity index (χ4v) is 4.86. The normalized spacial score (nSPS) is 13.7. The number of hydrogen-bond donors (Lipinski definition) is 1. The molecular formula is C11H18N2O3S3. The number of hydrogen-bond acceptors (Lipinski definition) is 5. The summed E-state index contributed by atoms with van der Waals surface area (Å²) in [5, 5.41) is 0. The van der Waals surface area contributed by atoms with Crippen molar-refractivity contribution >= 4 is 38.6 Å². The first-order valence-electron chi connectivity index (χ1n) is 5.75. The van der Waals surface area contributed by atoms with E-state index in [0.29, 0.717) is 18.0 Å². The van der Waals surface area contributed by atoms with E-state index in [0.717, 1.165) is 11.3 Å². The lowest BCUT2D eigenvalue weighted by Gasteiger charge is -2.25. The number of thiocarbonyl (C=S) groups is 1. The smallest absolute Gasteiger partial charge is 0.252 e. The number of methoxy groups -OCH3 is 1. The van der Waals surface area contributed by atoms with Gasteiger partial charge in [-0.05, 0) is 19.1 Å². The van der Waals surface area contributed by atoms with Crippen LogP contribution in [0.25, 0.3) is 0 Å². The first kappa shape index (κ1) is 16.5. The predicted octanol–water partition coefficient (Wildman–Crippen LogP) is 1.43. The van der Waals surface area contributed by atoms with Crippen molar-refractivity contribution < 1.29 is 13.2 Å². The molecule has 0 aliphatic heterocycles. The molecule has 0 amide bonds. The molecule has 0 fully saturated rings. The van der Waals surface area contributed by atoms with Gasteiger partial charge in [-0.2, -0.15) is 4.31 Å². The second-order valence-corrected chi connectivity index (χ2v) is 7.64. The van der Waals surface area contributed by atoms with Gasteiger partial charge in [0.25, 0.3) is 10.0 Å². The lowest BCUT2D eigenvalue weighted by Crippen LogP contribution is -2.40. The van der Waals surface area contributed by atoms with E-state index >= 15 is 0 Å². The van der Waals surface area contributed by atoms with E-state index in [1.165, 1.54) is 10.4 Å². The van der Waals surface area contributed by atoms with Crippen LogP contribution in [0, 0.1) is 0 Å². The first-order valence-corrected chi connectivity index (χ1v) is 8.41. The SMILES string of the molecule is CCN(C(C)COC)S(=O)(=O)c1ccc(C(N)=S)s1. The quantitative estimate of drug-likeness (QED) is 0.769. The molecule has 2 N–H and O–H groups in total. The third-order valence-corrected chi connectivity index (χ3v) is 6.62. The summed E-state index contributed by atoms with van der Waals surface area (Å²) in [6.45, 7) is 4.34. The molecule has 1 heterocycles. The number of sulfonamides is 1. The minimum Gasteiger partial charge on any atom is -0.389 e. The van der Waals surface area contributed by atoms with E-state index in [9.17, 15) is 8.42 Å². The van der Waals surface area contributed by atoms with Crippen LogP contribution in [0.4, 0.5) is 0 Å². The zero-order valence-corrected chi connectivity index (χ0v) is 13.6. The second kappa shape index (κ2) is 6.76. The van der Waals surface area contributed by atoms with E-state index in [1.807, 2.05) is 6.92 Å². The van der Waals surface area contributed by atoms with E-state index in [-0.39, 0.29) is 15.2 Å². The lowest BCUT2D eigenvalue weighted by molar-refractivity contribution is 0.143. The van der Waals surface area contributed by atoms with Crippen LogP contribution in [-0.2, 0) is 14.8 Å². The molecule has 1 rings (SSSR count). The third-order valence-electron chi connectivity index (χ3n) is 2.60. The van der Waals surface area contributed by atoms with E-state index < -0.39 is 10.0 Å². The van der Waals surface area contributed by atoms with E-state index in [4.69, 9.17) is 22.7 Å². The average Bonchev–Trinajstić information content (AvgIpc) is 2.79. The third kappa shape index (κ3) is 3.73. The molecule has 0 aliphatic rings. The number of nitrogens with zero attached hydrogens (tertiary/aromatic N) is 1. The van der Waals surface area contributed by atoms with Gasteiger partial charge in [0.05, 0.1) is 11.5 Å². The summed E-state index contributed by atoms with van der Waals surface area (Å²) in [5.74, 6) is 0. The first-order chi connectivity index (χ1) is 8.84. The molecule has 0 bridgehead atoms. The van der Waals surface area contributed by atoms with Crippen LogP contribution in [0.1, 0.15) is 18.7 Å². The van der Waals surface area contributed by atoms with Gasteiger partial charge < -0.3 is 10.5 Å². The molecule has 0 spiro atoms. The molecule has 5 nitrogen and oxygen atoms in total. The average molecular weight is 322 g/mol. The lowest BCUT2D eigenvalue weighted by atomic mass is 10.4. The Morgan fingerprint density at radius 1 is 1.58 bits per heavy atom. The highest BCUT2D eigenvalue weighted by Gasteiger charge is 2.29. The van der Waals surface area contributed by atoms with Crippen LogP contribution in [0.2, 0.25) is 0 Å². The molecule has 0 aromatic carbocycles. The maximum absolute atomic E-state index is 12.5. The van der Waals surface area contributed by atoms with Crippen molar-refractivity contribution in [3.63, 3.8) is 0 Å². The van der Waals surface area contributed by atoms with Crippen LogP contribution in [0.5, 0.6) is 0 Å². The molecular weight excluding hydrogens is 304 g/mol. The number of rotatable bonds is 7. The molecule has 0 saturated heterocycles. The fourth-order valence-electron chi connectivity index (χ4n) is 1.75. The number of nitrogens with two attached hydrogens (primary N) is 1. The van der Waals surface area contributed by atoms with Crippen molar-refractivity contribution in [3.05, 3.63) is 17.0 Å². The zero-order valence-electron chi connectivity index (χ0n) is 11.1. The summed E-state index contributed by atoms with van der Waals surface area (Å²) in [6.07, 6.45) is 0. The minimum atomic E-state index is -3.53. The number of ether oxygens (including phenoxy) is 1. The van der Waals surface area contributed by atoms with Gasteiger partial charge in [-0.15, -0.1) is 11.3 Å². The van der Waals surface area contributed by atoms with Crippen molar-refractivity contribution in [2.24, 2.45) is 5.73 Å². The van der Waals surface area contributed by atoms with Crippen LogP contribution >= 0.6 is 23.6 Å². The van der Waals surface area contributed by atoms with Gasteiger partial charge in [0, 0.05) is 19.7 Å². The minimum absolute atomic E-state index is 0.208. The van der Waals surface area contributed by atoms with E-state index in [2.05, 4.69) is 0 Å². The topological polar surface area (TPSA) is 72.6 Å². The second-order valence-electron chi connectivity index (χ2n) is 4.00. The monoisotopic (exact) mass is 322 g/mol. The van der Waals surface area contributed by atoms with Crippen molar-refractivity contribution in [2.75, 3.05) is 20.3 Å². The predicted molar refractivity (Wildman–Crippen MR) is 81.1 cm³/mol. The maximum Gasteiger partial charge on any atom is 0.252 e. The van der Waals surface area contributed by atoms with Gasteiger partial charge in [-0.25, -0.2) is 8.42 Å². The molecule has 108 valence electrons. The standard InChI is InChI=1S/C11H18N2O3S3/c1-4-13(8(2)7-16-3)19(14,15)10-6-5-9(18-10)11(12)17/h5-6,8H,4,7H2,1-3H3,(H2,12,17). The van der Waals surface area contributed by atoms with Crippen LogP contribution < -0.4 is 5.73 Å². The summed E-state index contributed by atoms with van der Waals surface area (Å²) >= 11 is 5.94. The van der Waals surface area contributed by atoms with Gasteiger partial charge in [0.2, 0.25) is 0 Å². The Labute approximate surface area is 123 Å². The van der Waals surface area contributed by atoms with Gasteiger partial charge in [-0.1, -0.05) is 19.1 Å². The molecule has 1 unspecified atom stereocenters. The Morgan fingerprint density at radius 3 is 2.63 bits per heavy atom. The van der Waals surface area contributed by atoms with Crippen LogP contribution in [0.15, 0.2) is 16.3 Å². The molecule has 0 saturated carbocycles. The highest BCUT2D eigenvalue weighted by atomic mass is 32.2.